The predicted octanol–water partition coefficient (Wildman–Crippen LogP) is 1.35. The number of aromatic nitrogens is 1. The predicted molar refractivity (Wildman–Crippen MR) is 96.9 cm³/mol. The molecule has 0 aliphatic heterocycles. The summed E-state index contributed by atoms with van der Waals surface area (Å²) in [5.41, 5.74) is 6.08. The first-order valence-electron chi connectivity index (χ1n) is 7.49. The number of nitrogens with two attached hydrogens (primary N) is 1. The van der Waals surface area contributed by atoms with Crippen molar-refractivity contribution < 1.29 is 17.3 Å². The molecule has 1 aromatic heterocycles. The molecule has 2 rings (SSSR count). The van der Waals surface area contributed by atoms with E-state index in [0.717, 1.165) is 5.56 Å². The van der Waals surface area contributed by atoms with E-state index in [2.05, 4.69) is 16.8 Å². The van der Waals surface area contributed by atoms with E-state index in [1.165, 1.54) is 35.6 Å². The maximum absolute atomic E-state index is 12.3. The lowest BCUT2D eigenvalue weighted by Gasteiger charge is -2.16. The highest BCUT2D eigenvalue weighted by atomic mass is 32.2. The number of pyridine rings is 1. The molecule has 0 saturated heterocycles. The summed E-state index contributed by atoms with van der Waals surface area (Å²) >= 11 is 0. The van der Waals surface area contributed by atoms with Gasteiger partial charge in [0.2, 0.25) is 5.96 Å². The first-order valence-corrected chi connectivity index (χ1v) is 8.90. The summed E-state index contributed by atoms with van der Waals surface area (Å²) in [6.45, 7) is 5.48. The van der Waals surface area contributed by atoms with E-state index in [1.807, 2.05) is 0 Å². The van der Waals surface area contributed by atoms with Crippen molar-refractivity contribution in [2.75, 3.05) is 13.2 Å². The summed E-state index contributed by atoms with van der Waals surface area (Å²) in [6, 6.07) is 7.67. The Morgan fingerprint density at radius 2 is 2.12 bits per heavy atom. The zero-order valence-electron chi connectivity index (χ0n) is 14.1. The molecular formula is C16H19N5O4S. The Kier molecular flexibility index (Phi) is 6.12. The van der Waals surface area contributed by atoms with Crippen LogP contribution in [-0.2, 0) is 10.1 Å². The van der Waals surface area contributed by atoms with E-state index in [0.29, 0.717) is 5.75 Å². The van der Waals surface area contributed by atoms with Gasteiger partial charge in [0.1, 0.15) is 23.0 Å². The van der Waals surface area contributed by atoms with Gasteiger partial charge in [0, 0.05) is 25.2 Å². The number of guanidine groups is 1. The van der Waals surface area contributed by atoms with E-state index >= 15 is 0 Å². The number of benzene rings is 1. The quantitative estimate of drug-likeness (QED) is 0.307. The van der Waals surface area contributed by atoms with Crippen LogP contribution >= 0.6 is 0 Å². The minimum atomic E-state index is -3.99. The Bertz CT molecular complexity index is 887. The lowest BCUT2D eigenvalue weighted by molar-refractivity contribution is 0.271. The average Bonchev–Trinajstić information content (AvgIpc) is 2.58. The Balaban J connectivity index is 2.10. The Morgan fingerprint density at radius 3 is 2.73 bits per heavy atom. The number of aryl methyl sites for hydroxylation is 1. The highest BCUT2D eigenvalue weighted by Gasteiger charge is 2.17. The van der Waals surface area contributed by atoms with Gasteiger partial charge in [-0.05, 0) is 36.8 Å². The standard InChI is InChI=1S/C16H19N5O4S/c1-12-8-13(24-7-6-21(19-2)16(17)18)10-14(9-12)25-26(22,23)15-4-3-5-20-11-15/h3-5,8-11H,2,6-7H2,1H3,(H3,17,18). The van der Waals surface area contributed by atoms with Gasteiger partial charge in [0.25, 0.3) is 0 Å². The normalized spacial score (nSPS) is 10.8. The molecule has 0 radical (unpaired) electrons. The molecule has 10 heteroatoms. The van der Waals surface area contributed by atoms with Crippen LogP contribution in [-0.4, -0.2) is 44.2 Å². The fourth-order valence-corrected chi connectivity index (χ4v) is 2.91. The first-order chi connectivity index (χ1) is 12.3. The van der Waals surface area contributed by atoms with Gasteiger partial charge in [-0.3, -0.25) is 10.4 Å². The summed E-state index contributed by atoms with van der Waals surface area (Å²) in [7, 11) is -3.99. The van der Waals surface area contributed by atoms with Crippen LogP contribution in [0.15, 0.2) is 52.7 Å². The Morgan fingerprint density at radius 1 is 1.38 bits per heavy atom. The molecule has 3 N–H and O–H groups in total. The SMILES string of the molecule is C=NN(CCOc1cc(C)cc(OS(=O)(=O)c2cccnc2)c1)C(=N)N. The molecule has 0 aliphatic carbocycles. The molecule has 1 heterocycles. The van der Waals surface area contributed by atoms with Crippen molar-refractivity contribution in [2.24, 2.45) is 10.8 Å². The molecule has 26 heavy (non-hydrogen) atoms. The zero-order valence-corrected chi connectivity index (χ0v) is 14.9. The molecule has 138 valence electrons. The van der Waals surface area contributed by atoms with Crippen LogP contribution in [0.5, 0.6) is 11.5 Å². The number of hydrogen-bond acceptors (Lipinski definition) is 7. The second kappa shape index (κ2) is 8.30. The van der Waals surface area contributed by atoms with Crippen LogP contribution in [0.4, 0.5) is 0 Å². The number of hydrogen-bond donors (Lipinski definition) is 2. The monoisotopic (exact) mass is 377 g/mol. The van der Waals surface area contributed by atoms with Crippen molar-refractivity contribution in [3.8, 4) is 11.5 Å². The molecule has 9 nitrogen and oxygen atoms in total. The van der Waals surface area contributed by atoms with Gasteiger partial charge in [-0.15, -0.1) is 0 Å². The lowest BCUT2D eigenvalue weighted by Crippen LogP contribution is -2.34. The smallest absolute Gasteiger partial charge is 0.340 e. The van der Waals surface area contributed by atoms with Crippen LogP contribution in [0.2, 0.25) is 0 Å². The second-order valence-corrected chi connectivity index (χ2v) is 6.75. The molecule has 1 aromatic carbocycles. The van der Waals surface area contributed by atoms with Gasteiger partial charge < -0.3 is 14.7 Å². The number of hydrazone groups is 1. The van der Waals surface area contributed by atoms with Gasteiger partial charge >= 0.3 is 10.1 Å². The molecular weight excluding hydrogens is 358 g/mol. The molecule has 2 aromatic rings. The minimum absolute atomic E-state index is 0.0434. The largest absolute Gasteiger partial charge is 0.492 e. The number of nitrogens with one attached hydrogen (secondary N) is 1. The highest BCUT2D eigenvalue weighted by Crippen LogP contribution is 2.25. The summed E-state index contributed by atoms with van der Waals surface area (Å²) in [6.07, 6.45) is 2.68. The van der Waals surface area contributed by atoms with Crippen LogP contribution in [0.25, 0.3) is 0 Å². The summed E-state index contributed by atoms with van der Waals surface area (Å²) in [5.74, 6) is 0.280. The zero-order chi connectivity index (χ0) is 19.2. The van der Waals surface area contributed by atoms with Crippen molar-refractivity contribution >= 4 is 22.8 Å². The average molecular weight is 377 g/mol. The summed E-state index contributed by atoms with van der Waals surface area (Å²) in [4.78, 5) is 3.73. The third kappa shape index (κ3) is 5.18. The van der Waals surface area contributed by atoms with Crippen LogP contribution in [0, 0.1) is 12.3 Å². The Hall–Kier alpha value is -3.14. The van der Waals surface area contributed by atoms with Crippen molar-refractivity contribution in [1.29, 1.82) is 5.41 Å². The van der Waals surface area contributed by atoms with Gasteiger partial charge in [0.05, 0.1) is 6.54 Å². The fraction of sp³-hybridized carbons (Fsp3) is 0.188. The van der Waals surface area contributed by atoms with Crippen molar-refractivity contribution in [3.05, 3.63) is 48.3 Å². The number of nitrogens with zero attached hydrogens (tertiary/aromatic N) is 3. The maximum Gasteiger partial charge on any atom is 0.340 e. The van der Waals surface area contributed by atoms with Crippen LogP contribution < -0.4 is 14.7 Å². The van der Waals surface area contributed by atoms with E-state index in [1.54, 1.807) is 19.1 Å². The number of rotatable bonds is 8. The second-order valence-electron chi connectivity index (χ2n) is 5.21. The summed E-state index contributed by atoms with van der Waals surface area (Å²) < 4.78 is 35.3. The van der Waals surface area contributed by atoms with E-state index < -0.39 is 10.1 Å². The molecule has 0 unspecified atom stereocenters. The van der Waals surface area contributed by atoms with Crippen molar-refractivity contribution in [3.63, 3.8) is 0 Å². The molecule has 0 fully saturated rings. The van der Waals surface area contributed by atoms with Gasteiger partial charge in [0.15, 0.2) is 0 Å². The minimum Gasteiger partial charge on any atom is -0.492 e. The van der Waals surface area contributed by atoms with E-state index in [-0.39, 0.29) is 29.8 Å². The molecule has 0 amide bonds. The molecule has 0 aliphatic rings. The molecule has 0 atom stereocenters. The maximum atomic E-state index is 12.3. The fourth-order valence-electron chi connectivity index (χ4n) is 2.03. The molecule has 0 bridgehead atoms. The van der Waals surface area contributed by atoms with E-state index in [9.17, 15) is 8.42 Å². The molecule has 0 saturated carbocycles. The van der Waals surface area contributed by atoms with Gasteiger partial charge in [-0.2, -0.15) is 13.5 Å². The molecule has 0 spiro atoms. The Labute approximate surface area is 151 Å². The summed E-state index contributed by atoms with van der Waals surface area (Å²) in [5, 5.41) is 12.1. The van der Waals surface area contributed by atoms with Crippen LogP contribution in [0.3, 0.4) is 0 Å². The number of ether oxygens (including phenoxy) is 1. The van der Waals surface area contributed by atoms with Gasteiger partial charge in [-0.25, -0.2) is 5.01 Å². The highest BCUT2D eigenvalue weighted by molar-refractivity contribution is 7.87. The third-order valence-corrected chi connectivity index (χ3v) is 4.40. The van der Waals surface area contributed by atoms with Crippen molar-refractivity contribution in [1.82, 2.24) is 9.99 Å². The third-order valence-electron chi connectivity index (χ3n) is 3.17. The first kappa shape index (κ1) is 19.2. The van der Waals surface area contributed by atoms with Gasteiger partial charge in [-0.1, -0.05) is 0 Å². The van der Waals surface area contributed by atoms with Crippen molar-refractivity contribution in [2.45, 2.75) is 11.8 Å². The topological polar surface area (TPSA) is 131 Å². The lowest BCUT2D eigenvalue weighted by atomic mass is 10.2. The van der Waals surface area contributed by atoms with E-state index in [4.69, 9.17) is 20.1 Å². The van der Waals surface area contributed by atoms with Crippen LogP contribution in [0.1, 0.15) is 5.56 Å².